The Morgan fingerprint density at radius 1 is 1.07 bits per heavy atom. The lowest BCUT2D eigenvalue weighted by atomic mass is 10.1. The zero-order valence-corrected chi connectivity index (χ0v) is 16.5. The van der Waals surface area contributed by atoms with Gasteiger partial charge in [0.25, 0.3) is 0 Å². The van der Waals surface area contributed by atoms with Crippen molar-refractivity contribution in [1.29, 1.82) is 0 Å². The van der Waals surface area contributed by atoms with Gasteiger partial charge in [-0.3, -0.25) is 9.48 Å². The number of rotatable bonds is 5. The van der Waals surface area contributed by atoms with Crippen molar-refractivity contribution in [2.75, 3.05) is 5.32 Å². The number of hydrogen-bond donors (Lipinski definition) is 1. The van der Waals surface area contributed by atoms with Crippen LogP contribution in [-0.4, -0.2) is 15.7 Å². The summed E-state index contributed by atoms with van der Waals surface area (Å²) in [5, 5.41) is 8.98. The van der Waals surface area contributed by atoms with Gasteiger partial charge in [0.15, 0.2) is 5.82 Å². The Labute approximate surface area is 172 Å². The van der Waals surface area contributed by atoms with Crippen LogP contribution in [0, 0.1) is 5.92 Å². The second kappa shape index (κ2) is 7.55. The topological polar surface area (TPSA) is 46.9 Å². The van der Waals surface area contributed by atoms with Gasteiger partial charge in [0.05, 0.1) is 6.54 Å². The van der Waals surface area contributed by atoms with Gasteiger partial charge in [0.2, 0.25) is 5.91 Å². The highest BCUT2D eigenvalue weighted by atomic mass is 35.5. The summed E-state index contributed by atoms with van der Waals surface area (Å²) in [5.41, 5.74) is 2.05. The lowest BCUT2D eigenvalue weighted by Gasteiger charge is -2.05. The molecule has 0 aliphatic heterocycles. The number of nitrogens with one attached hydrogen (secondary N) is 1. The quantitative estimate of drug-likeness (QED) is 0.581. The predicted octanol–water partition coefficient (Wildman–Crippen LogP) is 5.63. The SMILES string of the molecule is O=C(Nc1nn(Cc2ccccc2Cl)cc1Cl)C1CC1c1ccc(Cl)cc1. The number of amides is 1. The Morgan fingerprint density at radius 3 is 2.56 bits per heavy atom. The molecule has 2 unspecified atom stereocenters. The molecule has 1 N–H and O–H groups in total. The number of benzene rings is 2. The third kappa shape index (κ3) is 4.13. The van der Waals surface area contributed by atoms with Crippen molar-refractivity contribution in [3.63, 3.8) is 0 Å². The molecule has 4 rings (SSSR count). The molecule has 1 aliphatic carbocycles. The lowest BCUT2D eigenvalue weighted by molar-refractivity contribution is -0.117. The van der Waals surface area contributed by atoms with E-state index in [9.17, 15) is 4.79 Å². The lowest BCUT2D eigenvalue weighted by Crippen LogP contribution is -2.15. The van der Waals surface area contributed by atoms with E-state index < -0.39 is 0 Å². The van der Waals surface area contributed by atoms with Gasteiger partial charge >= 0.3 is 0 Å². The maximum absolute atomic E-state index is 12.5. The average molecular weight is 421 g/mol. The zero-order chi connectivity index (χ0) is 19.0. The number of aromatic nitrogens is 2. The standard InChI is InChI=1S/C20H16Cl3N3O/c21-14-7-5-12(6-8-14)15-9-16(15)20(27)24-19-18(23)11-26(25-19)10-13-3-1-2-4-17(13)22/h1-8,11,15-16H,9-10H2,(H,24,25,27). The molecular weight excluding hydrogens is 405 g/mol. The van der Waals surface area contributed by atoms with Crippen LogP contribution in [0.4, 0.5) is 5.82 Å². The van der Waals surface area contributed by atoms with Gasteiger partial charge in [0, 0.05) is 22.2 Å². The molecule has 0 bridgehead atoms. The third-order valence-corrected chi connectivity index (χ3v) is 5.57. The molecular formula is C20H16Cl3N3O. The van der Waals surface area contributed by atoms with Gasteiger partial charge in [0.1, 0.15) is 5.02 Å². The van der Waals surface area contributed by atoms with Gasteiger partial charge in [-0.15, -0.1) is 0 Å². The van der Waals surface area contributed by atoms with Crippen LogP contribution in [0.2, 0.25) is 15.1 Å². The summed E-state index contributed by atoms with van der Waals surface area (Å²) >= 11 is 18.3. The van der Waals surface area contributed by atoms with Crippen molar-refractivity contribution in [3.05, 3.63) is 80.9 Å². The molecule has 1 amide bonds. The number of anilines is 1. The summed E-state index contributed by atoms with van der Waals surface area (Å²) in [4.78, 5) is 12.5. The van der Waals surface area contributed by atoms with Crippen LogP contribution in [0.15, 0.2) is 54.7 Å². The van der Waals surface area contributed by atoms with Crippen LogP contribution < -0.4 is 5.32 Å². The molecule has 2 atom stereocenters. The fourth-order valence-electron chi connectivity index (χ4n) is 3.14. The second-order valence-corrected chi connectivity index (χ2v) is 7.85. The molecule has 138 valence electrons. The summed E-state index contributed by atoms with van der Waals surface area (Å²) < 4.78 is 1.67. The van der Waals surface area contributed by atoms with E-state index in [1.54, 1.807) is 10.9 Å². The van der Waals surface area contributed by atoms with E-state index in [0.29, 0.717) is 27.4 Å². The largest absolute Gasteiger partial charge is 0.308 e. The molecule has 27 heavy (non-hydrogen) atoms. The maximum Gasteiger partial charge on any atom is 0.229 e. The molecule has 1 heterocycles. The highest BCUT2D eigenvalue weighted by Gasteiger charge is 2.44. The van der Waals surface area contributed by atoms with Crippen LogP contribution in [0.25, 0.3) is 0 Å². The van der Waals surface area contributed by atoms with Crippen molar-refractivity contribution in [2.24, 2.45) is 5.92 Å². The molecule has 0 spiro atoms. The Hall–Kier alpha value is -2.01. The first-order valence-electron chi connectivity index (χ1n) is 8.54. The van der Waals surface area contributed by atoms with E-state index in [-0.39, 0.29) is 17.7 Å². The van der Waals surface area contributed by atoms with Crippen LogP contribution in [-0.2, 0) is 11.3 Å². The van der Waals surface area contributed by atoms with Crippen LogP contribution in [0.3, 0.4) is 0 Å². The number of carbonyl (C=O) groups is 1. The third-order valence-electron chi connectivity index (χ3n) is 4.67. The first-order valence-corrected chi connectivity index (χ1v) is 9.67. The van der Waals surface area contributed by atoms with Crippen LogP contribution in [0.5, 0.6) is 0 Å². The molecule has 1 aliphatic rings. The van der Waals surface area contributed by atoms with Gasteiger partial charge < -0.3 is 5.32 Å². The predicted molar refractivity (Wildman–Crippen MR) is 109 cm³/mol. The van der Waals surface area contributed by atoms with Crippen molar-refractivity contribution in [3.8, 4) is 0 Å². The minimum atomic E-state index is -0.0732. The first kappa shape index (κ1) is 18.4. The van der Waals surface area contributed by atoms with Crippen LogP contribution >= 0.6 is 34.8 Å². The van der Waals surface area contributed by atoms with Gasteiger partial charge in [-0.1, -0.05) is 65.1 Å². The van der Waals surface area contributed by atoms with Crippen molar-refractivity contribution in [2.45, 2.75) is 18.9 Å². The Bertz CT molecular complexity index is 984. The molecule has 3 aromatic rings. The van der Waals surface area contributed by atoms with E-state index in [4.69, 9.17) is 34.8 Å². The number of nitrogens with zero attached hydrogens (tertiary/aromatic N) is 2. The monoisotopic (exact) mass is 419 g/mol. The number of hydrogen-bond acceptors (Lipinski definition) is 2. The second-order valence-electron chi connectivity index (χ2n) is 6.60. The fourth-order valence-corrected chi connectivity index (χ4v) is 3.66. The van der Waals surface area contributed by atoms with Crippen LogP contribution in [0.1, 0.15) is 23.5 Å². The molecule has 4 nitrogen and oxygen atoms in total. The maximum atomic E-state index is 12.5. The summed E-state index contributed by atoms with van der Waals surface area (Å²) in [6, 6.07) is 15.2. The minimum absolute atomic E-state index is 0.0696. The van der Waals surface area contributed by atoms with E-state index >= 15 is 0 Å². The molecule has 1 aromatic heterocycles. The summed E-state index contributed by atoms with van der Waals surface area (Å²) in [5.74, 6) is 0.442. The Kier molecular flexibility index (Phi) is 5.13. The first-order chi connectivity index (χ1) is 13.0. The van der Waals surface area contributed by atoms with Crippen molar-refractivity contribution in [1.82, 2.24) is 9.78 Å². The highest BCUT2D eigenvalue weighted by Crippen LogP contribution is 2.48. The summed E-state index contributed by atoms with van der Waals surface area (Å²) in [6.07, 6.45) is 2.50. The summed E-state index contributed by atoms with van der Waals surface area (Å²) in [7, 11) is 0. The number of carbonyl (C=O) groups excluding carboxylic acids is 1. The van der Waals surface area contributed by atoms with Crippen molar-refractivity contribution < 1.29 is 4.79 Å². The molecule has 1 fully saturated rings. The molecule has 7 heteroatoms. The molecule has 0 radical (unpaired) electrons. The smallest absolute Gasteiger partial charge is 0.229 e. The highest BCUT2D eigenvalue weighted by molar-refractivity contribution is 6.33. The Balaban J connectivity index is 1.41. The minimum Gasteiger partial charge on any atom is -0.308 e. The number of halogens is 3. The molecule has 0 saturated heterocycles. The van der Waals surface area contributed by atoms with E-state index in [0.717, 1.165) is 17.5 Å². The molecule has 1 saturated carbocycles. The van der Waals surface area contributed by atoms with Gasteiger partial charge in [-0.05, 0) is 41.7 Å². The zero-order valence-electron chi connectivity index (χ0n) is 14.2. The van der Waals surface area contributed by atoms with E-state index in [2.05, 4.69) is 10.4 Å². The van der Waals surface area contributed by atoms with Gasteiger partial charge in [-0.2, -0.15) is 5.10 Å². The summed E-state index contributed by atoms with van der Waals surface area (Å²) in [6.45, 7) is 0.478. The Morgan fingerprint density at radius 2 is 1.81 bits per heavy atom. The van der Waals surface area contributed by atoms with E-state index in [1.165, 1.54) is 0 Å². The van der Waals surface area contributed by atoms with E-state index in [1.807, 2.05) is 48.5 Å². The average Bonchev–Trinajstić information content (AvgIpc) is 3.37. The van der Waals surface area contributed by atoms with Gasteiger partial charge in [-0.25, -0.2) is 0 Å². The fraction of sp³-hybridized carbons (Fsp3) is 0.200. The molecule has 2 aromatic carbocycles. The normalized spacial score (nSPS) is 18.3. The van der Waals surface area contributed by atoms with Crippen molar-refractivity contribution >= 4 is 46.5 Å².